The second-order valence-electron chi connectivity index (χ2n) is 4.53. The summed E-state index contributed by atoms with van der Waals surface area (Å²) in [6.45, 7) is 4.73. The molecule has 1 aromatic rings. The number of benzene rings is 1. The van der Waals surface area contributed by atoms with Crippen molar-refractivity contribution in [2.45, 2.75) is 32.4 Å². The Bertz CT molecular complexity index is 350. The Hall–Kier alpha value is -1.26. The van der Waals surface area contributed by atoms with Gasteiger partial charge in [-0.15, -0.1) is 0 Å². The Kier molecular flexibility index (Phi) is 4.15. The summed E-state index contributed by atoms with van der Waals surface area (Å²) in [6, 6.07) is 4.74. The molecule has 4 nitrogen and oxygen atoms in total. The molecular weight excluding hydrogens is 206 g/mol. The SMILES string of the molecule is CC(C)(CCO)NCc1ccc(O)c(O)c1. The molecule has 1 aromatic carbocycles. The topological polar surface area (TPSA) is 72.7 Å². The van der Waals surface area contributed by atoms with Crippen molar-refractivity contribution in [3.8, 4) is 11.5 Å². The highest BCUT2D eigenvalue weighted by Gasteiger charge is 2.15. The highest BCUT2D eigenvalue weighted by Crippen LogP contribution is 2.25. The normalized spacial score (nSPS) is 11.7. The molecular formula is C12H19NO3. The fourth-order valence-electron chi connectivity index (χ4n) is 1.39. The van der Waals surface area contributed by atoms with Gasteiger partial charge >= 0.3 is 0 Å². The van der Waals surface area contributed by atoms with Crippen molar-refractivity contribution in [2.75, 3.05) is 6.61 Å². The second kappa shape index (κ2) is 5.18. The number of rotatable bonds is 5. The number of aliphatic hydroxyl groups is 1. The van der Waals surface area contributed by atoms with Gasteiger partial charge in [0.15, 0.2) is 11.5 Å². The fraction of sp³-hybridized carbons (Fsp3) is 0.500. The lowest BCUT2D eigenvalue weighted by Crippen LogP contribution is -2.39. The first-order valence-electron chi connectivity index (χ1n) is 5.31. The zero-order chi connectivity index (χ0) is 12.2. The highest BCUT2D eigenvalue weighted by molar-refractivity contribution is 5.40. The molecule has 0 amide bonds. The molecule has 0 aliphatic carbocycles. The van der Waals surface area contributed by atoms with Gasteiger partial charge in [0.25, 0.3) is 0 Å². The molecule has 0 saturated carbocycles. The number of phenols is 2. The Morgan fingerprint density at radius 3 is 2.44 bits per heavy atom. The third-order valence-corrected chi connectivity index (χ3v) is 2.55. The fourth-order valence-corrected chi connectivity index (χ4v) is 1.39. The van der Waals surface area contributed by atoms with E-state index in [0.29, 0.717) is 13.0 Å². The quantitative estimate of drug-likeness (QED) is 0.571. The van der Waals surface area contributed by atoms with Gasteiger partial charge in [-0.2, -0.15) is 0 Å². The molecule has 0 unspecified atom stereocenters. The Morgan fingerprint density at radius 2 is 1.88 bits per heavy atom. The van der Waals surface area contributed by atoms with Gasteiger partial charge in [-0.05, 0) is 38.0 Å². The van der Waals surface area contributed by atoms with Crippen LogP contribution in [0.1, 0.15) is 25.8 Å². The summed E-state index contributed by atoms with van der Waals surface area (Å²) in [4.78, 5) is 0. The van der Waals surface area contributed by atoms with E-state index in [1.807, 2.05) is 13.8 Å². The average molecular weight is 225 g/mol. The van der Waals surface area contributed by atoms with Crippen molar-refractivity contribution in [2.24, 2.45) is 0 Å². The monoisotopic (exact) mass is 225 g/mol. The molecule has 4 N–H and O–H groups in total. The Morgan fingerprint density at radius 1 is 1.19 bits per heavy atom. The first-order valence-corrected chi connectivity index (χ1v) is 5.31. The van der Waals surface area contributed by atoms with E-state index >= 15 is 0 Å². The van der Waals surface area contributed by atoms with Crippen LogP contribution < -0.4 is 5.32 Å². The number of nitrogens with one attached hydrogen (secondary N) is 1. The molecule has 90 valence electrons. The number of hydrogen-bond donors (Lipinski definition) is 4. The van der Waals surface area contributed by atoms with Crippen LogP contribution in [0.3, 0.4) is 0 Å². The van der Waals surface area contributed by atoms with Crippen LogP contribution in [0.15, 0.2) is 18.2 Å². The minimum absolute atomic E-state index is 0.112. The van der Waals surface area contributed by atoms with Crippen LogP contribution in [0.2, 0.25) is 0 Å². The minimum Gasteiger partial charge on any atom is -0.504 e. The molecule has 0 spiro atoms. The summed E-state index contributed by atoms with van der Waals surface area (Å²) in [5.41, 5.74) is 0.740. The van der Waals surface area contributed by atoms with Gasteiger partial charge in [-0.3, -0.25) is 0 Å². The van der Waals surface area contributed by atoms with Crippen LogP contribution in [0.4, 0.5) is 0 Å². The van der Waals surface area contributed by atoms with Gasteiger partial charge in [0.1, 0.15) is 0 Å². The lowest BCUT2D eigenvalue weighted by atomic mass is 10.0. The molecule has 0 saturated heterocycles. The van der Waals surface area contributed by atoms with Crippen molar-refractivity contribution in [1.29, 1.82) is 0 Å². The second-order valence-corrected chi connectivity index (χ2v) is 4.53. The van der Waals surface area contributed by atoms with Crippen LogP contribution in [-0.2, 0) is 6.54 Å². The van der Waals surface area contributed by atoms with Crippen LogP contribution in [0.5, 0.6) is 11.5 Å². The molecule has 16 heavy (non-hydrogen) atoms. The summed E-state index contributed by atoms with van der Waals surface area (Å²) in [6.07, 6.45) is 0.664. The predicted octanol–water partition coefficient (Wildman–Crippen LogP) is 1.35. The summed E-state index contributed by atoms with van der Waals surface area (Å²) >= 11 is 0. The summed E-state index contributed by atoms with van der Waals surface area (Å²) in [7, 11) is 0. The number of hydrogen-bond acceptors (Lipinski definition) is 4. The lowest BCUT2D eigenvalue weighted by molar-refractivity contribution is 0.230. The van der Waals surface area contributed by atoms with Gasteiger partial charge in [-0.25, -0.2) is 0 Å². The van der Waals surface area contributed by atoms with Crippen LogP contribution in [0, 0.1) is 0 Å². The van der Waals surface area contributed by atoms with Gasteiger partial charge in [0.05, 0.1) is 0 Å². The van der Waals surface area contributed by atoms with Gasteiger partial charge < -0.3 is 20.6 Å². The van der Waals surface area contributed by atoms with Crippen LogP contribution in [0.25, 0.3) is 0 Å². The third kappa shape index (κ3) is 3.72. The van der Waals surface area contributed by atoms with E-state index in [2.05, 4.69) is 5.32 Å². The van der Waals surface area contributed by atoms with E-state index in [9.17, 15) is 5.11 Å². The minimum atomic E-state index is -0.151. The molecule has 0 atom stereocenters. The van der Waals surface area contributed by atoms with Crippen LogP contribution in [-0.4, -0.2) is 27.5 Å². The standard InChI is InChI=1S/C12H19NO3/c1-12(2,5-6-14)13-8-9-3-4-10(15)11(16)7-9/h3-4,7,13-16H,5-6,8H2,1-2H3. The van der Waals surface area contributed by atoms with E-state index < -0.39 is 0 Å². The maximum absolute atomic E-state index is 9.32. The molecule has 0 heterocycles. The summed E-state index contributed by atoms with van der Waals surface area (Å²) < 4.78 is 0. The first kappa shape index (κ1) is 12.8. The zero-order valence-corrected chi connectivity index (χ0v) is 9.70. The predicted molar refractivity (Wildman–Crippen MR) is 62.4 cm³/mol. The van der Waals surface area contributed by atoms with E-state index in [4.69, 9.17) is 10.2 Å². The number of aromatic hydroxyl groups is 2. The van der Waals surface area contributed by atoms with E-state index in [-0.39, 0.29) is 23.6 Å². The number of aliphatic hydroxyl groups excluding tert-OH is 1. The molecule has 0 bridgehead atoms. The largest absolute Gasteiger partial charge is 0.504 e. The molecule has 0 aliphatic rings. The maximum atomic E-state index is 9.32. The van der Waals surface area contributed by atoms with Gasteiger partial charge in [0.2, 0.25) is 0 Å². The van der Waals surface area contributed by atoms with Crippen LogP contribution >= 0.6 is 0 Å². The maximum Gasteiger partial charge on any atom is 0.157 e. The molecule has 0 fully saturated rings. The number of phenolic OH excluding ortho intramolecular Hbond substituents is 2. The Balaban J connectivity index is 2.57. The van der Waals surface area contributed by atoms with Gasteiger partial charge in [-0.1, -0.05) is 6.07 Å². The smallest absolute Gasteiger partial charge is 0.157 e. The van der Waals surface area contributed by atoms with Crippen molar-refractivity contribution < 1.29 is 15.3 Å². The van der Waals surface area contributed by atoms with E-state index in [1.54, 1.807) is 6.07 Å². The average Bonchev–Trinajstić information content (AvgIpc) is 2.20. The van der Waals surface area contributed by atoms with E-state index in [0.717, 1.165) is 5.56 Å². The summed E-state index contributed by atoms with van der Waals surface area (Å²) in [5.74, 6) is -0.224. The van der Waals surface area contributed by atoms with Crippen molar-refractivity contribution in [3.05, 3.63) is 23.8 Å². The van der Waals surface area contributed by atoms with Crippen molar-refractivity contribution in [3.63, 3.8) is 0 Å². The first-order chi connectivity index (χ1) is 7.44. The lowest BCUT2D eigenvalue weighted by Gasteiger charge is -2.25. The molecule has 1 rings (SSSR count). The molecule has 0 aromatic heterocycles. The molecule has 0 radical (unpaired) electrons. The molecule has 0 aliphatic heterocycles. The van der Waals surface area contributed by atoms with E-state index in [1.165, 1.54) is 12.1 Å². The zero-order valence-electron chi connectivity index (χ0n) is 9.70. The Labute approximate surface area is 95.6 Å². The van der Waals surface area contributed by atoms with Gasteiger partial charge in [0, 0.05) is 18.7 Å². The highest BCUT2D eigenvalue weighted by atomic mass is 16.3. The summed E-state index contributed by atoms with van der Waals surface area (Å²) in [5, 5.41) is 30.6. The third-order valence-electron chi connectivity index (χ3n) is 2.55. The van der Waals surface area contributed by atoms with Crippen molar-refractivity contribution in [1.82, 2.24) is 5.32 Å². The molecule has 4 heteroatoms. The van der Waals surface area contributed by atoms with Crippen molar-refractivity contribution >= 4 is 0 Å².